The van der Waals surface area contributed by atoms with E-state index in [9.17, 15) is 0 Å². The standard InChI is InChI=1S/C21H34N4O2.HI/c1-5-22-21(25-18-12-17-6-7-19(18)27-17)24-13-16-8-9-23-20(11-16)26-15(4)10-14(2)3;/h8-9,11,14-15,17-19H,5-7,10,12-13H2,1-4H3,(H2,22,24,25);1H. The van der Waals surface area contributed by atoms with Crippen LogP contribution in [0.2, 0.25) is 0 Å². The molecule has 2 fully saturated rings. The largest absolute Gasteiger partial charge is 0.475 e. The van der Waals surface area contributed by atoms with E-state index in [1.54, 1.807) is 6.20 Å². The van der Waals surface area contributed by atoms with E-state index < -0.39 is 0 Å². The number of aromatic nitrogens is 1. The zero-order valence-corrected chi connectivity index (χ0v) is 19.8. The van der Waals surface area contributed by atoms with Crippen molar-refractivity contribution in [2.45, 2.75) is 84.3 Å². The van der Waals surface area contributed by atoms with Gasteiger partial charge in [-0.05, 0) is 57.1 Å². The zero-order valence-electron chi connectivity index (χ0n) is 17.5. The van der Waals surface area contributed by atoms with Crippen molar-refractivity contribution in [1.82, 2.24) is 15.6 Å². The quantitative estimate of drug-likeness (QED) is 0.321. The Hall–Kier alpha value is -1.09. The fourth-order valence-corrected chi connectivity index (χ4v) is 3.99. The number of guanidine groups is 1. The van der Waals surface area contributed by atoms with Crippen molar-refractivity contribution in [3.8, 4) is 5.88 Å². The van der Waals surface area contributed by atoms with Gasteiger partial charge in [0, 0.05) is 18.8 Å². The maximum atomic E-state index is 5.95. The summed E-state index contributed by atoms with van der Waals surface area (Å²) in [5, 5.41) is 6.90. The van der Waals surface area contributed by atoms with Gasteiger partial charge in [0.1, 0.15) is 0 Å². The summed E-state index contributed by atoms with van der Waals surface area (Å²) in [5.74, 6) is 2.14. The van der Waals surface area contributed by atoms with Crippen molar-refractivity contribution >= 4 is 29.9 Å². The number of hydrogen-bond donors (Lipinski definition) is 2. The minimum atomic E-state index is 0. The van der Waals surface area contributed by atoms with Crippen LogP contribution in [-0.2, 0) is 11.3 Å². The SMILES string of the molecule is CCNC(=NCc1ccnc(OC(C)CC(C)C)c1)NC1CC2CCC1O2.I. The van der Waals surface area contributed by atoms with Crippen molar-refractivity contribution in [2.75, 3.05) is 6.54 Å². The molecule has 6 nitrogen and oxygen atoms in total. The predicted molar refractivity (Wildman–Crippen MR) is 123 cm³/mol. The van der Waals surface area contributed by atoms with Gasteiger partial charge in [-0.2, -0.15) is 0 Å². The molecule has 2 saturated heterocycles. The molecule has 0 aromatic carbocycles. The topological polar surface area (TPSA) is 67.8 Å². The zero-order chi connectivity index (χ0) is 19.2. The summed E-state index contributed by atoms with van der Waals surface area (Å²) >= 11 is 0. The van der Waals surface area contributed by atoms with E-state index in [-0.39, 0.29) is 30.1 Å². The van der Waals surface area contributed by atoms with Crippen molar-refractivity contribution in [3.05, 3.63) is 23.9 Å². The second kappa shape index (κ2) is 11.2. The molecule has 0 saturated carbocycles. The number of ether oxygens (including phenoxy) is 2. The summed E-state index contributed by atoms with van der Waals surface area (Å²) in [6, 6.07) is 4.35. The lowest BCUT2D eigenvalue weighted by atomic mass is 9.96. The summed E-state index contributed by atoms with van der Waals surface area (Å²) in [6.07, 6.45) is 7.18. The molecule has 2 aliphatic rings. The molecule has 0 amide bonds. The van der Waals surface area contributed by atoms with Crippen LogP contribution in [0, 0.1) is 5.92 Å². The highest BCUT2D eigenvalue weighted by Gasteiger charge is 2.41. The molecule has 158 valence electrons. The van der Waals surface area contributed by atoms with Crippen molar-refractivity contribution in [3.63, 3.8) is 0 Å². The van der Waals surface area contributed by atoms with Crippen LogP contribution in [0.5, 0.6) is 5.88 Å². The molecule has 1 aromatic rings. The summed E-state index contributed by atoms with van der Waals surface area (Å²) in [4.78, 5) is 9.10. The number of halogens is 1. The van der Waals surface area contributed by atoms with Crippen LogP contribution in [0.3, 0.4) is 0 Å². The van der Waals surface area contributed by atoms with Gasteiger partial charge in [0.2, 0.25) is 5.88 Å². The molecule has 0 radical (unpaired) electrons. The molecule has 0 aliphatic carbocycles. The maximum absolute atomic E-state index is 5.95. The lowest BCUT2D eigenvalue weighted by molar-refractivity contribution is 0.0992. The van der Waals surface area contributed by atoms with Gasteiger partial charge in [-0.25, -0.2) is 9.98 Å². The summed E-state index contributed by atoms with van der Waals surface area (Å²) in [5.41, 5.74) is 1.10. The van der Waals surface area contributed by atoms with Crippen LogP contribution in [0.4, 0.5) is 0 Å². The molecular formula is C21H35IN4O2. The number of hydrogen-bond acceptors (Lipinski definition) is 4. The van der Waals surface area contributed by atoms with E-state index in [2.05, 4.69) is 43.3 Å². The number of aliphatic imine (C=N–C) groups is 1. The molecule has 4 atom stereocenters. The number of nitrogens with one attached hydrogen (secondary N) is 2. The minimum Gasteiger partial charge on any atom is -0.475 e. The Labute approximate surface area is 186 Å². The monoisotopic (exact) mass is 502 g/mol. The molecule has 1 aromatic heterocycles. The third-order valence-electron chi connectivity index (χ3n) is 5.12. The van der Waals surface area contributed by atoms with Crippen LogP contribution in [0.15, 0.2) is 23.3 Å². The smallest absolute Gasteiger partial charge is 0.213 e. The Morgan fingerprint density at radius 1 is 1.36 bits per heavy atom. The first-order chi connectivity index (χ1) is 13.0. The average molecular weight is 502 g/mol. The summed E-state index contributed by atoms with van der Waals surface area (Å²) < 4.78 is 11.9. The van der Waals surface area contributed by atoms with Gasteiger partial charge in [-0.1, -0.05) is 13.8 Å². The number of rotatable bonds is 8. The normalized spacial score (nSPS) is 24.8. The fraction of sp³-hybridized carbons (Fsp3) is 0.714. The van der Waals surface area contributed by atoms with Gasteiger partial charge in [0.15, 0.2) is 5.96 Å². The Morgan fingerprint density at radius 2 is 2.18 bits per heavy atom. The highest BCUT2D eigenvalue weighted by atomic mass is 127. The van der Waals surface area contributed by atoms with Crippen LogP contribution >= 0.6 is 24.0 Å². The van der Waals surface area contributed by atoms with Crippen LogP contribution < -0.4 is 15.4 Å². The molecule has 7 heteroatoms. The first kappa shape index (κ1) is 23.2. The lowest BCUT2D eigenvalue weighted by Gasteiger charge is -2.22. The second-order valence-electron chi connectivity index (χ2n) is 8.12. The van der Waals surface area contributed by atoms with E-state index in [0.29, 0.717) is 36.6 Å². The summed E-state index contributed by atoms with van der Waals surface area (Å²) in [6.45, 7) is 10.0. The molecule has 28 heavy (non-hydrogen) atoms. The third-order valence-corrected chi connectivity index (χ3v) is 5.12. The molecule has 3 heterocycles. The molecule has 2 N–H and O–H groups in total. The van der Waals surface area contributed by atoms with Crippen molar-refractivity contribution in [2.24, 2.45) is 10.9 Å². The van der Waals surface area contributed by atoms with Crippen molar-refractivity contribution in [1.29, 1.82) is 0 Å². The van der Waals surface area contributed by atoms with Crippen LogP contribution in [-0.4, -0.2) is 41.8 Å². The number of pyridine rings is 1. The van der Waals surface area contributed by atoms with Gasteiger partial charge in [-0.3, -0.25) is 0 Å². The Balaban J connectivity index is 0.00000280. The van der Waals surface area contributed by atoms with Gasteiger partial charge >= 0.3 is 0 Å². The average Bonchev–Trinajstić information content (AvgIpc) is 3.22. The highest BCUT2D eigenvalue weighted by molar-refractivity contribution is 14.0. The Bertz CT molecular complexity index is 641. The highest BCUT2D eigenvalue weighted by Crippen LogP contribution is 2.34. The fourth-order valence-electron chi connectivity index (χ4n) is 3.99. The molecule has 3 rings (SSSR count). The minimum absolute atomic E-state index is 0. The first-order valence-corrected chi connectivity index (χ1v) is 10.3. The van der Waals surface area contributed by atoms with Crippen LogP contribution in [0.1, 0.15) is 58.9 Å². The Kier molecular flexibility index (Phi) is 9.27. The van der Waals surface area contributed by atoms with E-state index in [1.807, 2.05) is 12.1 Å². The maximum Gasteiger partial charge on any atom is 0.213 e. The first-order valence-electron chi connectivity index (χ1n) is 10.3. The lowest BCUT2D eigenvalue weighted by Crippen LogP contribution is -2.47. The van der Waals surface area contributed by atoms with E-state index in [0.717, 1.165) is 37.3 Å². The van der Waals surface area contributed by atoms with Gasteiger partial charge in [0.25, 0.3) is 0 Å². The molecular weight excluding hydrogens is 467 g/mol. The van der Waals surface area contributed by atoms with E-state index >= 15 is 0 Å². The molecule has 2 aliphatic heterocycles. The molecule has 2 bridgehead atoms. The van der Waals surface area contributed by atoms with E-state index in [4.69, 9.17) is 14.5 Å². The van der Waals surface area contributed by atoms with Gasteiger partial charge in [0.05, 0.1) is 30.9 Å². The number of fused-ring (bicyclic) bond motifs is 2. The van der Waals surface area contributed by atoms with E-state index in [1.165, 1.54) is 6.42 Å². The Morgan fingerprint density at radius 3 is 2.82 bits per heavy atom. The predicted octanol–water partition coefficient (Wildman–Crippen LogP) is 3.89. The molecule has 0 spiro atoms. The second-order valence-corrected chi connectivity index (χ2v) is 8.12. The van der Waals surface area contributed by atoms with Crippen LogP contribution in [0.25, 0.3) is 0 Å². The summed E-state index contributed by atoms with van der Waals surface area (Å²) in [7, 11) is 0. The van der Waals surface area contributed by atoms with Gasteiger partial charge in [-0.15, -0.1) is 24.0 Å². The number of nitrogens with zero attached hydrogens (tertiary/aromatic N) is 2. The van der Waals surface area contributed by atoms with Gasteiger partial charge < -0.3 is 20.1 Å². The third kappa shape index (κ3) is 6.76. The molecule has 4 unspecified atom stereocenters. The van der Waals surface area contributed by atoms with Crippen molar-refractivity contribution < 1.29 is 9.47 Å².